The molecule has 1 amide bonds. The van der Waals surface area contributed by atoms with Crippen LogP contribution in [0, 0.1) is 13.8 Å². The molecule has 0 unspecified atom stereocenters. The molecule has 1 fully saturated rings. The van der Waals surface area contributed by atoms with Gasteiger partial charge in [0.15, 0.2) is 0 Å². The average molecular weight is 424 g/mol. The summed E-state index contributed by atoms with van der Waals surface area (Å²) in [7, 11) is 0. The molecule has 4 nitrogen and oxygen atoms in total. The van der Waals surface area contributed by atoms with Gasteiger partial charge in [-0.15, -0.1) is 0 Å². The van der Waals surface area contributed by atoms with Crippen molar-refractivity contribution in [3.05, 3.63) is 101 Å². The van der Waals surface area contributed by atoms with E-state index in [2.05, 4.69) is 72.2 Å². The van der Waals surface area contributed by atoms with Crippen molar-refractivity contribution in [3.8, 4) is 0 Å². The van der Waals surface area contributed by atoms with Gasteiger partial charge in [0.2, 0.25) is 0 Å². The quantitative estimate of drug-likeness (QED) is 0.421. The van der Waals surface area contributed by atoms with Crippen LogP contribution in [-0.2, 0) is 6.42 Å². The fraction of sp³-hybridized carbons (Fsp3) is 0.286. The molecule has 2 heterocycles. The summed E-state index contributed by atoms with van der Waals surface area (Å²) in [5, 5.41) is 0. The molecule has 1 aliphatic rings. The summed E-state index contributed by atoms with van der Waals surface area (Å²) in [4.78, 5) is 20.2. The van der Waals surface area contributed by atoms with Gasteiger partial charge < -0.3 is 9.47 Å². The highest BCUT2D eigenvalue weighted by atomic mass is 16.2. The lowest BCUT2D eigenvalue weighted by atomic mass is 9.99. The minimum atomic E-state index is 0.157. The average Bonchev–Trinajstić information content (AvgIpc) is 3.19. The molecule has 0 saturated carbocycles. The van der Waals surface area contributed by atoms with E-state index in [0.29, 0.717) is 6.04 Å². The van der Waals surface area contributed by atoms with Crippen molar-refractivity contribution in [1.82, 2.24) is 14.5 Å². The largest absolute Gasteiger partial charge is 0.338 e. The lowest BCUT2D eigenvalue weighted by Crippen LogP contribution is -2.39. The van der Waals surface area contributed by atoms with Crippen LogP contribution in [0.4, 0.5) is 0 Å². The second-order valence-electron chi connectivity index (χ2n) is 8.82. The summed E-state index contributed by atoms with van der Waals surface area (Å²) in [6, 6.07) is 25.3. The van der Waals surface area contributed by atoms with Crippen LogP contribution >= 0.6 is 0 Å². The minimum Gasteiger partial charge on any atom is -0.338 e. The van der Waals surface area contributed by atoms with E-state index in [1.54, 1.807) is 0 Å². The monoisotopic (exact) mass is 423 g/mol. The number of piperidine rings is 1. The number of likely N-dealkylation sites (tertiary alicyclic amines) is 1. The lowest BCUT2D eigenvalue weighted by molar-refractivity contribution is 0.0694. The Labute approximate surface area is 189 Å². The second kappa shape index (κ2) is 8.62. The molecule has 1 aliphatic heterocycles. The highest BCUT2D eigenvalue weighted by Crippen LogP contribution is 2.30. The minimum absolute atomic E-state index is 0.157. The maximum atomic E-state index is 13.2. The topological polar surface area (TPSA) is 38.1 Å². The predicted molar refractivity (Wildman–Crippen MR) is 129 cm³/mol. The Balaban J connectivity index is 1.39. The summed E-state index contributed by atoms with van der Waals surface area (Å²) >= 11 is 0. The summed E-state index contributed by atoms with van der Waals surface area (Å²) < 4.78 is 2.43. The van der Waals surface area contributed by atoms with Gasteiger partial charge in [0, 0.05) is 31.1 Å². The van der Waals surface area contributed by atoms with E-state index >= 15 is 0 Å². The van der Waals surface area contributed by atoms with E-state index in [-0.39, 0.29) is 5.91 Å². The van der Waals surface area contributed by atoms with Gasteiger partial charge in [-0.25, -0.2) is 4.98 Å². The van der Waals surface area contributed by atoms with Gasteiger partial charge in [0.05, 0.1) is 11.0 Å². The molecule has 0 spiro atoms. The second-order valence-corrected chi connectivity index (χ2v) is 8.82. The Morgan fingerprint density at radius 1 is 0.906 bits per heavy atom. The van der Waals surface area contributed by atoms with E-state index in [0.717, 1.165) is 54.8 Å². The molecule has 3 aromatic carbocycles. The molecule has 162 valence electrons. The first-order valence-electron chi connectivity index (χ1n) is 11.5. The van der Waals surface area contributed by atoms with Crippen molar-refractivity contribution in [2.75, 3.05) is 13.1 Å². The molecule has 4 heteroatoms. The molecule has 1 saturated heterocycles. The normalized spacial score (nSPS) is 14.8. The van der Waals surface area contributed by atoms with Gasteiger partial charge in [0.1, 0.15) is 5.82 Å². The third kappa shape index (κ3) is 3.81. The van der Waals surface area contributed by atoms with Gasteiger partial charge in [0.25, 0.3) is 5.91 Å². The van der Waals surface area contributed by atoms with Gasteiger partial charge in [-0.05, 0) is 61.6 Å². The van der Waals surface area contributed by atoms with Crippen LogP contribution in [0.2, 0.25) is 0 Å². The number of aryl methyl sites for hydroxylation is 1. The Hall–Kier alpha value is -3.40. The van der Waals surface area contributed by atoms with Crippen LogP contribution in [0.25, 0.3) is 11.0 Å². The van der Waals surface area contributed by atoms with Gasteiger partial charge in [-0.1, -0.05) is 54.6 Å². The van der Waals surface area contributed by atoms with E-state index < -0.39 is 0 Å². The van der Waals surface area contributed by atoms with Crippen molar-refractivity contribution < 1.29 is 4.79 Å². The first-order valence-corrected chi connectivity index (χ1v) is 11.5. The third-order valence-electron chi connectivity index (χ3n) is 6.83. The van der Waals surface area contributed by atoms with E-state index in [1.807, 2.05) is 24.0 Å². The molecular weight excluding hydrogens is 394 g/mol. The molecule has 0 atom stereocenters. The van der Waals surface area contributed by atoms with E-state index in [9.17, 15) is 4.79 Å². The Morgan fingerprint density at radius 2 is 1.62 bits per heavy atom. The lowest BCUT2D eigenvalue weighted by Gasteiger charge is -2.34. The number of para-hydroxylation sites is 2. The fourth-order valence-corrected chi connectivity index (χ4v) is 4.89. The number of aromatic nitrogens is 2. The van der Waals surface area contributed by atoms with E-state index in [1.165, 1.54) is 16.6 Å². The standard InChI is InChI=1S/C28H29N3O/c1-20-9-8-12-24(21(20)2)28(32)30-17-15-23(16-18-30)31-26-14-7-6-13-25(26)29-27(31)19-22-10-4-3-5-11-22/h3-14,23H,15-19H2,1-2H3. The molecular formula is C28H29N3O. The Morgan fingerprint density at radius 3 is 2.41 bits per heavy atom. The highest BCUT2D eigenvalue weighted by molar-refractivity contribution is 5.96. The maximum Gasteiger partial charge on any atom is 0.254 e. The molecule has 0 bridgehead atoms. The molecule has 4 aromatic rings. The molecule has 5 rings (SSSR count). The van der Waals surface area contributed by atoms with Crippen LogP contribution < -0.4 is 0 Å². The number of hydrogen-bond donors (Lipinski definition) is 0. The third-order valence-corrected chi connectivity index (χ3v) is 6.83. The van der Waals surface area contributed by atoms with Crippen LogP contribution in [-0.4, -0.2) is 33.4 Å². The number of fused-ring (bicyclic) bond motifs is 1. The SMILES string of the molecule is Cc1cccc(C(=O)N2CCC(n3c(Cc4ccccc4)nc4ccccc43)CC2)c1C. The predicted octanol–water partition coefficient (Wildman–Crippen LogP) is 5.72. The molecule has 1 aromatic heterocycles. The van der Waals surface area contributed by atoms with Crippen LogP contribution in [0.3, 0.4) is 0 Å². The zero-order valence-electron chi connectivity index (χ0n) is 18.8. The van der Waals surface area contributed by atoms with Gasteiger partial charge in [-0.3, -0.25) is 4.79 Å². The van der Waals surface area contributed by atoms with Gasteiger partial charge >= 0.3 is 0 Å². The van der Waals surface area contributed by atoms with Crippen molar-refractivity contribution in [3.63, 3.8) is 0 Å². The Kier molecular flexibility index (Phi) is 5.52. The van der Waals surface area contributed by atoms with Crippen molar-refractivity contribution in [2.45, 2.75) is 39.2 Å². The molecule has 32 heavy (non-hydrogen) atoms. The first-order chi connectivity index (χ1) is 15.6. The number of rotatable bonds is 4. The smallest absolute Gasteiger partial charge is 0.254 e. The number of benzene rings is 3. The zero-order chi connectivity index (χ0) is 22.1. The van der Waals surface area contributed by atoms with Crippen LogP contribution in [0.5, 0.6) is 0 Å². The van der Waals surface area contributed by atoms with Crippen molar-refractivity contribution in [1.29, 1.82) is 0 Å². The number of hydrogen-bond acceptors (Lipinski definition) is 2. The number of carbonyl (C=O) groups excluding carboxylic acids is 1. The number of nitrogens with zero attached hydrogens (tertiary/aromatic N) is 3. The molecule has 0 aliphatic carbocycles. The number of imidazole rings is 1. The first kappa shape index (κ1) is 20.5. The summed E-state index contributed by atoms with van der Waals surface area (Å²) in [6.45, 7) is 5.65. The summed E-state index contributed by atoms with van der Waals surface area (Å²) in [5.41, 5.74) is 6.60. The zero-order valence-corrected chi connectivity index (χ0v) is 18.8. The number of carbonyl (C=O) groups is 1. The maximum absolute atomic E-state index is 13.2. The fourth-order valence-electron chi connectivity index (χ4n) is 4.89. The molecule has 0 N–H and O–H groups in total. The molecule has 0 radical (unpaired) electrons. The van der Waals surface area contributed by atoms with Crippen LogP contribution in [0.1, 0.15) is 51.8 Å². The van der Waals surface area contributed by atoms with Crippen LogP contribution in [0.15, 0.2) is 72.8 Å². The van der Waals surface area contributed by atoms with Crippen molar-refractivity contribution >= 4 is 16.9 Å². The summed E-state index contributed by atoms with van der Waals surface area (Å²) in [5.74, 6) is 1.27. The Bertz CT molecular complexity index is 1250. The summed E-state index contributed by atoms with van der Waals surface area (Å²) in [6.07, 6.45) is 2.70. The highest BCUT2D eigenvalue weighted by Gasteiger charge is 2.28. The van der Waals surface area contributed by atoms with Gasteiger partial charge in [-0.2, -0.15) is 0 Å². The van der Waals surface area contributed by atoms with E-state index in [4.69, 9.17) is 4.98 Å². The van der Waals surface area contributed by atoms with Crippen molar-refractivity contribution in [2.24, 2.45) is 0 Å². The number of amides is 1.